The predicted molar refractivity (Wildman–Crippen MR) is 369 cm³/mol. The van der Waals surface area contributed by atoms with Gasteiger partial charge in [0.25, 0.3) is 0 Å². The lowest BCUT2D eigenvalue weighted by molar-refractivity contribution is -0.389. The molecule has 3 fully saturated rings. The van der Waals surface area contributed by atoms with Crippen molar-refractivity contribution in [1.82, 2.24) is 0 Å². The van der Waals surface area contributed by atoms with E-state index in [0.29, 0.717) is 0 Å². The topological polar surface area (TPSA) is 210 Å². The number of carbonyl (C=O) groups excluding carboxylic acids is 2. The SMILES string of the molecule is CO[C@@H]1O[C@H](C(=O)O)[C@@H](O[C@H]2O[C@H](COCc3ccccc3)[C@@H](O[C@@H]3O[C@H](COCc4ccccc4)[C@H](OCc4ccccc4)[C@H](OCc4ccccc4)[C@H]3OCc3ccccc3)[C@H](OCc3ccccc3)[C@H]2OCc2ccccc2)[C@H](OC(=O)c2ccccc2)[C@H]1OC(=O)c1ccccc1. The van der Waals surface area contributed by atoms with E-state index in [-0.39, 0.29) is 70.6 Å². The Morgan fingerprint density at radius 1 is 0.307 bits per heavy atom. The highest BCUT2D eigenvalue weighted by molar-refractivity contribution is 5.90. The molecular weight excluding hydrogens is 1290 g/mol. The van der Waals surface area contributed by atoms with E-state index in [2.05, 4.69) is 0 Å². The molecule has 15 atom stereocenters. The zero-order valence-electron chi connectivity index (χ0n) is 55.8. The van der Waals surface area contributed by atoms with Gasteiger partial charge in [-0.05, 0) is 63.2 Å². The van der Waals surface area contributed by atoms with E-state index in [4.69, 9.17) is 71.1 Å². The summed E-state index contributed by atoms with van der Waals surface area (Å²) >= 11 is 0. The fourth-order valence-electron chi connectivity index (χ4n) is 12.4. The van der Waals surface area contributed by atoms with Gasteiger partial charge >= 0.3 is 17.9 Å². The zero-order valence-corrected chi connectivity index (χ0v) is 55.8. The monoisotopic (exact) mass is 1370 g/mol. The van der Waals surface area contributed by atoms with Crippen molar-refractivity contribution in [2.75, 3.05) is 20.3 Å². The molecule has 3 saturated heterocycles. The second-order valence-electron chi connectivity index (χ2n) is 24.6. The molecule has 0 aromatic heterocycles. The van der Waals surface area contributed by atoms with Gasteiger partial charge in [0.15, 0.2) is 37.2 Å². The van der Waals surface area contributed by atoms with Crippen LogP contribution in [0, 0.1) is 0 Å². The highest BCUT2D eigenvalue weighted by Gasteiger charge is 2.59. The van der Waals surface area contributed by atoms with Gasteiger partial charge in [-0.3, -0.25) is 0 Å². The highest BCUT2D eigenvalue weighted by atomic mass is 16.8. The fraction of sp³-hybridized carbons (Fsp3) is 0.305. The Bertz CT molecular complexity index is 3890. The molecular formula is C82H82O19. The minimum absolute atomic E-state index is 0.00193. The van der Waals surface area contributed by atoms with E-state index in [1.807, 2.05) is 212 Å². The first-order valence-electron chi connectivity index (χ1n) is 33.8. The first-order valence-corrected chi connectivity index (χ1v) is 33.8. The average Bonchev–Trinajstić information content (AvgIpc) is 0.756. The number of ether oxygens (including phenoxy) is 15. The third kappa shape index (κ3) is 19.9. The summed E-state index contributed by atoms with van der Waals surface area (Å²) < 4.78 is 103. The third-order valence-electron chi connectivity index (χ3n) is 17.5. The molecule has 0 amide bonds. The fourth-order valence-corrected chi connectivity index (χ4v) is 12.4. The van der Waals surface area contributed by atoms with Crippen molar-refractivity contribution < 1.29 is 90.5 Å². The number of benzene rings is 9. The molecule has 0 unspecified atom stereocenters. The Morgan fingerprint density at radius 3 is 0.941 bits per heavy atom. The summed E-state index contributed by atoms with van der Waals surface area (Å²) in [6.07, 6.45) is -21.0. The van der Waals surface area contributed by atoms with Crippen LogP contribution in [-0.2, 0) is 122 Å². The van der Waals surface area contributed by atoms with Crippen LogP contribution in [0.2, 0.25) is 0 Å². The van der Waals surface area contributed by atoms with Gasteiger partial charge in [-0.2, -0.15) is 0 Å². The molecule has 101 heavy (non-hydrogen) atoms. The Morgan fingerprint density at radius 2 is 0.594 bits per heavy atom. The standard InChI is InChI=1S/C82H82O19/c1-87-80-76(98-79(86)64-45-27-10-28-46-64)72(97-78(85)63-43-25-9-26-44-63)71(73(101-80)77(83)84)100-82-75(94-53-62-41-23-8-24-42-62)70(92-51-60-37-19-6-20-38-60)68(66(96-82)55-89-48-57-31-13-3-14-32-57)99-81-74(93-52-61-39-21-7-22-40-61)69(91-50-59-35-17-5-18-36-59)67(90-49-58-33-15-4-16-34-58)65(95-81)54-88-47-56-29-11-2-12-30-56/h2-46,65-76,80-82H,47-55H2,1H3,(H,83,84)/t65-,66-,67+,68-,69+,70+,71+,72+,73+,74-,75-,76-,80-,81+,82-/m1/s1. The van der Waals surface area contributed by atoms with Gasteiger partial charge in [0.2, 0.25) is 0 Å². The molecule has 19 heteroatoms. The average molecular weight is 1370 g/mol. The van der Waals surface area contributed by atoms with Crippen LogP contribution in [0.1, 0.15) is 59.7 Å². The molecule has 3 aliphatic heterocycles. The number of methoxy groups -OCH3 is 1. The largest absolute Gasteiger partial charge is 0.479 e. The third-order valence-corrected chi connectivity index (χ3v) is 17.5. The molecule has 12 rings (SSSR count). The van der Waals surface area contributed by atoms with E-state index in [1.165, 1.54) is 31.4 Å². The lowest BCUT2D eigenvalue weighted by atomic mass is 9.94. The first-order chi connectivity index (χ1) is 49.7. The molecule has 3 aliphatic rings. The van der Waals surface area contributed by atoms with Crippen LogP contribution >= 0.6 is 0 Å². The number of esters is 2. The van der Waals surface area contributed by atoms with Gasteiger partial charge in [-0.15, -0.1) is 0 Å². The summed E-state index contributed by atoms with van der Waals surface area (Å²) in [5.74, 6) is -3.31. The lowest BCUT2D eigenvalue weighted by Gasteiger charge is -2.51. The van der Waals surface area contributed by atoms with Crippen molar-refractivity contribution in [3.63, 3.8) is 0 Å². The molecule has 19 nitrogen and oxygen atoms in total. The highest BCUT2D eigenvalue weighted by Crippen LogP contribution is 2.40. The lowest BCUT2D eigenvalue weighted by Crippen LogP contribution is -2.68. The summed E-state index contributed by atoms with van der Waals surface area (Å²) in [6.45, 7) is 0.368. The Hall–Kier alpha value is -9.13. The van der Waals surface area contributed by atoms with Gasteiger partial charge in [-0.1, -0.05) is 249 Å². The normalized spacial score (nSPS) is 25.0. The molecule has 9 aromatic rings. The Labute approximate surface area is 587 Å². The molecule has 0 aliphatic carbocycles. The van der Waals surface area contributed by atoms with Crippen LogP contribution in [0.15, 0.2) is 273 Å². The number of aliphatic carboxylic acids is 1. The maximum Gasteiger partial charge on any atom is 0.338 e. The van der Waals surface area contributed by atoms with Crippen molar-refractivity contribution in [1.29, 1.82) is 0 Å². The van der Waals surface area contributed by atoms with Crippen LogP contribution in [0.3, 0.4) is 0 Å². The van der Waals surface area contributed by atoms with Crippen LogP contribution in [0.5, 0.6) is 0 Å². The molecule has 0 saturated carbocycles. The van der Waals surface area contributed by atoms with E-state index < -0.39 is 110 Å². The summed E-state index contributed by atoms with van der Waals surface area (Å²) in [6, 6.07) is 83.8. The molecule has 524 valence electrons. The van der Waals surface area contributed by atoms with Crippen molar-refractivity contribution >= 4 is 17.9 Å². The predicted octanol–water partition coefficient (Wildman–Crippen LogP) is 12.5. The molecule has 1 N–H and O–H groups in total. The van der Waals surface area contributed by atoms with E-state index in [9.17, 15) is 19.5 Å². The van der Waals surface area contributed by atoms with E-state index >= 15 is 0 Å². The number of carbonyl (C=O) groups is 3. The van der Waals surface area contributed by atoms with Crippen LogP contribution in [0.4, 0.5) is 0 Å². The number of rotatable bonds is 33. The van der Waals surface area contributed by atoms with Crippen LogP contribution in [-0.4, -0.2) is 135 Å². The number of carboxylic acid groups (broad SMARTS) is 1. The van der Waals surface area contributed by atoms with Gasteiger partial charge in [0, 0.05) is 7.11 Å². The maximum absolute atomic E-state index is 14.6. The second kappa shape index (κ2) is 37.0. The summed E-state index contributed by atoms with van der Waals surface area (Å²) in [5.41, 5.74) is 6.15. The molecule has 3 heterocycles. The van der Waals surface area contributed by atoms with E-state index in [0.717, 1.165) is 38.9 Å². The van der Waals surface area contributed by atoms with Crippen molar-refractivity contribution in [3.8, 4) is 0 Å². The minimum atomic E-state index is -1.99. The van der Waals surface area contributed by atoms with Crippen molar-refractivity contribution in [2.45, 2.75) is 138 Å². The Kier molecular flexibility index (Phi) is 26.2. The Balaban J connectivity index is 0.990. The van der Waals surface area contributed by atoms with Gasteiger partial charge in [-0.25, -0.2) is 14.4 Å². The van der Waals surface area contributed by atoms with Gasteiger partial charge in [0.1, 0.15) is 54.9 Å². The molecule has 0 spiro atoms. The first kappa shape index (κ1) is 71.7. The van der Waals surface area contributed by atoms with Gasteiger partial charge < -0.3 is 76.2 Å². The number of hydrogen-bond donors (Lipinski definition) is 1. The van der Waals surface area contributed by atoms with Crippen molar-refractivity contribution in [2.24, 2.45) is 0 Å². The quantitative estimate of drug-likeness (QED) is 0.0379. The summed E-state index contributed by atoms with van der Waals surface area (Å²) in [7, 11) is 1.25. The zero-order chi connectivity index (χ0) is 69.4. The number of hydrogen-bond acceptors (Lipinski definition) is 18. The van der Waals surface area contributed by atoms with Crippen molar-refractivity contribution in [3.05, 3.63) is 323 Å². The molecule has 0 bridgehead atoms. The minimum Gasteiger partial charge on any atom is -0.479 e. The summed E-state index contributed by atoms with van der Waals surface area (Å²) in [5, 5.41) is 11.4. The summed E-state index contributed by atoms with van der Waals surface area (Å²) in [4.78, 5) is 42.8. The smallest absolute Gasteiger partial charge is 0.338 e. The number of carboxylic acids is 1. The second-order valence-corrected chi connectivity index (χ2v) is 24.6. The molecule has 9 aromatic carbocycles. The van der Waals surface area contributed by atoms with Gasteiger partial charge in [0.05, 0.1) is 70.6 Å². The van der Waals surface area contributed by atoms with E-state index in [1.54, 1.807) is 36.4 Å². The van der Waals surface area contributed by atoms with Crippen LogP contribution < -0.4 is 0 Å². The van der Waals surface area contributed by atoms with Crippen LogP contribution in [0.25, 0.3) is 0 Å². The maximum atomic E-state index is 14.6. The molecule has 0 radical (unpaired) electrons.